The van der Waals surface area contributed by atoms with Gasteiger partial charge in [-0.2, -0.15) is 0 Å². The topological polar surface area (TPSA) is 15.3 Å². The molecule has 0 aromatic heterocycles. The molecule has 2 nitrogen and oxygen atoms in total. The monoisotopic (exact) mass is 268 g/mol. The Balaban J connectivity index is 1.79. The van der Waals surface area contributed by atoms with Crippen molar-refractivity contribution in [2.24, 2.45) is 0 Å². The first-order valence-electron chi connectivity index (χ1n) is 6.47. The SMILES string of the molecule is Cc1cccc(NC(=S)N2CCc3ccccc32)c1. The fourth-order valence-corrected chi connectivity index (χ4v) is 2.77. The Bertz CT molecular complexity index is 622. The molecule has 1 aliphatic rings. The number of nitrogens with one attached hydrogen (secondary N) is 1. The zero-order chi connectivity index (χ0) is 13.2. The average molecular weight is 268 g/mol. The van der Waals surface area contributed by atoms with Crippen LogP contribution >= 0.6 is 12.2 Å². The van der Waals surface area contributed by atoms with E-state index in [4.69, 9.17) is 12.2 Å². The summed E-state index contributed by atoms with van der Waals surface area (Å²) in [5.74, 6) is 0. The van der Waals surface area contributed by atoms with E-state index >= 15 is 0 Å². The molecular weight excluding hydrogens is 252 g/mol. The molecule has 0 aliphatic carbocycles. The van der Waals surface area contributed by atoms with E-state index in [0.717, 1.165) is 23.8 Å². The van der Waals surface area contributed by atoms with Gasteiger partial charge in [-0.05, 0) is 54.9 Å². The standard InChI is InChI=1S/C16H16N2S/c1-12-5-4-7-14(11-12)17-16(19)18-10-9-13-6-2-3-8-15(13)18/h2-8,11H,9-10H2,1H3,(H,17,19). The number of benzene rings is 2. The molecule has 3 heteroatoms. The highest BCUT2D eigenvalue weighted by Gasteiger charge is 2.21. The second-order valence-corrected chi connectivity index (χ2v) is 5.22. The van der Waals surface area contributed by atoms with E-state index < -0.39 is 0 Å². The first-order valence-corrected chi connectivity index (χ1v) is 6.88. The quantitative estimate of drug-likeness (QED) is 0.793. The summed E-state index contributed by atoms with van der Waals surface area (Å²) < 4.78 is 0. The Morgan fingerprint density at radius 2 is 2.00 bits per heavy atom. The van der Waals surface area contributed by atoms with Gasteiger partial charge in [0.25, 0.3) is 0 Å². The van der Waals surface area contributed by atoms with Gasteiger partial charge in [-0.25, -0.2) is 0 Å². The van der Waals surface area contributed by atoms with Crippen molar-refractivity contribution in [2.45, 2.75) is 13.3 Å². The lowest BCUT2D eigenvalue weighted by atomic mass is 10.2. The summed E-state index contributed by atoms with van der Waals surface area (Å²) >= 11 is 5.53. The molecule has 3 rings (SSSR count). The van der Waals surface area contributed by atoms with Crippen LogP contribution in [0.1, 0.15) is 11.1 Å². The molecule has 19 heavy (non-hydrogen) atoms. The van der Waals surface area contributed by atoms with Crippen LogP contribution in [-0.2, 0) is 6.42 Å². The van der Waals surface area contributed by atoms with Crippen LogP contribution in [0.4, 0.5) is 11.4 Å². The van der Waals surface area contributed by atoms with Crippen LogP contribution in [0.2, 0.25) is 0 Å². The first kappa shape index (κ1) is 12.2. The number of para-hydroxylation sites is 1. The highest BCUT2D eigenvalue weighted by molar-refractivity contribution is 7.80. The summed E-state index contributed by atoms with van der Waals surface area (Å²) in [5.41, 5.74) is 4.88. The van der Waals surface area contributed by atoms with E-state index in [1.807, 2.05) is 12.1 Å². The molecule has 0 saturated heterocycles. The molecule has 0 saturated carbocycles. The molecule has 1 aliphatic heterocycles. The second-order valence-electron chi connectivity index (χ2n) is 4.83. The van der Waals surface area contributed by atoms with Gasteiger partial charge in [0.05, 0.1) is 0 Å². The predicted molar refractivity (Wildman–Crippen MR) is 84.9 cm³/mol. The number of rotatable bonds is 1. The van der Waals surface area contributed by atoms with Crippen LogP contribution < -0.4 is 10.2 Å². The third-order valence-electron chi connectivity index (χ3n) is 3.40. The minimum Gasteiger partial charge on any atom is -0.332 e. The maximum Gasteiger partial charge on any atom is 0.177 e. The Hall–Kier alpha value is -1.87. The first-order chi connectivity index (χ1) is 9.24. The summed E-state index contributed by atoms with van der Waals surface area (Å²) in [6.45, 7) is 3.04. The molecule has 0 unspecified atom stereocenters. The van der Waals surface area contributed by atoms with Crippen molar-refractivity contribution in [3.63, 3.8) is 0 Å². The van der Waals surface area contributed by atoms with Crippen LogP contribution in [0, 0.1) is 6.92 Å². The Labute approximate surface area is 119 Å². The largest absolute Gasteiger partial charge is 0.332 e. The van der Waals surface area contributed by atoms with E-state index in [9.17, 15) is 0 Å². The van der Waals surface area contributed by atoms with Crippen molar-refractivity contribution in [1.82, 2.24) is 0 Å². The number of fused-ring (bicyclic) bond motifs is 1. The summed E-state index contributed by atoms with van der Waals surface area (Å²) in [5, 5.41) is 4.10. The Morgan fingerprint density at radius 3 is 2.84 bits per heavy atom. The van der Waals surface area contributed by atoms with E-state index in [-0.39, 0.29) is 0 Å². The number of anilines is 2. The number of aryl methyl sites for hydroxylation is 1. The fourth-order valence-electron chi connectivity index (χ4n) is 2.46. The molecule has 1 N–H and O–H groups in total. The number of hydrogen-bond donors (Lipinski definition) is 1. The molecule has 96 valence electrons. The van der Waals surface area contributed by atoms with Gasteiger partial charge in [0, 0.05) is 17.9 Å². The minimum atomic E-state index is 0.774. The van der Waals surface area contributed by atoms with Crippen molar-refractivity contribution in [1.29, 1.82) is 0 Å². The molecule has 0 fully saturated rings. The normalized spacial score (nSPS) is 13.2. The second kappa shape index (κ2) is 5.02. The molecular formula is C16H16N2S. The van der Waals surface area contributed by atoms with E-state index in [1.54, 1.807) is 0 Å². The molecule has 0 spiro atoms. The highest BCUT2D eigenvalue weighted by atomic mass is 32.1. The van der Waals surface area contributed by atoms with E-state index in [2.05, 4.69) is 53.5 Å². The molecule has 0 bridgehead atoms. The lowest BCUT2D eigenvalue weighted by Gasteiger charge is -2.21. The van der Waals surface area contributed by atoms with Gasteiger partial charge in [-0.1, -0.05) is 30.3 Å². The van der Waals surface area contributed by atoms with Gasteiger partial charge < -0.3 is 10.2 Å². The average Bonchev–Trinajstić information content (AvgIpc) is 2.82. The van der Waals surface area contributed by atoms with Gasteiger partial charge in [0.15, 0.2) is 5.11 Å². The highest BCUT2D eigenvalue weighted by Crippen LogP contribution is 2.28. The third kappa shape index (κ3) is 2.47. The Morgan fingerprint density at radius 1 is 1.16 bits per heavy atom. The fraction of sp³-hybridized carbons (Fsp3) is 0.188. The van der Waals surface area contributed by atoms with Gasteiger partial charge in [-0.15, -0.1) is 0 Å². The van der Waals surface area contributed by atoms with Crippen LogP contribution in [0.15, 0.2) is 48.5 Å². The van der Waals surface area contributed by atoms with Gasteiger partial charge in [0.2, 0.25) is 0 Å². The van der Waals surface area contributed by atoms with Crippen LogP contribution in [-0.4, -0.2) is 11.7 Å². The zero-order valence-corrected chi connectivity index (χ0v) is 11.7. The number of thiocarbonyl (C=S) groups is 1. The maximum absolute atomic E-state index is 5.53. The number of hydrogen-bond acceptors (Lipinski definition) is 1. The van der Waals surface area contributed by atoms with Crippen LogP contribution in [0.5, 0.6) is 0 Å². The summed E-state index contributed by atoms with van der Waals surface area (Å²) in [4.78, 5) is 2.17. The van der Waals surface area contributed by atoms with Gasteiger partial charge in [-0.3, -0.25) is 0 Å². The van der Waals surface area contributed by atoms with Crippen molar-refractivity contribution >= 4 is 28.7 Å². The smallest absolute Gasteiger partial charge is 0.177 e. The van der Waals surface area contributed by atoms with Crippen molar-refractivity contribution in [3.05, 3.63) is 59.7 Å². The zero-order valence-electron chi connectivity index (χ0n) is 10.9. The predicted octanol–water partition coefficient (Wildman–Crippen LogP) is 3.75. The molecule has 1 heterocycles. The van der Waals surface area contributed by atoms with Crippen molar-refractivity contribution < 1.29 is 0 Å². The van der Waals surface area contributed by atoms with Crippen molar-refractivity contribution in [2.75, 3.05) is 16.8 Å². The molecule has 2 aromatic rings. The van der Waals surface area contributed by atoms with E-state index in [0.29, 0.717) is 0 Å². The lowest BCUT2D eigenvalue weighted by molar-refractivity contribution is 1.03. The van der Waals surface area contributed by atoms with Crippen LogP contribution in [0.3, 0.4) is 0 Å². The van der Waals surface area contributed by atoms with Gasteiger partial charge >= 0.3 is 0 Å². The Kier molecular flexibility index (Phi) is 3.22. The van der Waals surface area contributed by atoms with Crippen LogP contribution in [0.25, 0.3) is 0 Å². The summed E-state index contributed by atoms with van der Waals surface area (Å²) in [7, 11) is 0. The molecule has 2 aromatic carbocycles. The molecule has 0 radical (unpaired) electrons. The maximum atomic E-state index is 5.53. The number of nitrogens with zero attached hydrogens (tertiary/aromatic N) is 1. The minimum absolute atomic E-state index is 0.774. The molecule has 0 amide bonds. The lowest BCUT2D eigenvalue weighted by Crippen LogP contribution is -2.33. The summed E-state index contributed by atoms with van der Waals surface area (Å²) in [6.07, 6.45) is 1.06. The van der Waals surface area contributed by atoms with Crippen molar-refractivity contribution in [3.8, 4) is 0 Å². The van der Waals surface area contributed by atoms with E-state index in [1.165, 1.54) is 16.8 Å². The van der Waals surface area contributed by atoms with Gasteiger partial charge in [0.1, 0.15) is 0 Å². The third-order valence-corrected chi connectivity index (χ3v) is 3.72. The molecule has 0 atom stereocenters. The summed E-state index contributed by atoms with van der Waals surface area (Å²) in [6, 6.07) is 16.7.